The van der Waals surface area contributed by atoms with Crippen LogP contribution in [0.1, 0.15) is 44.4 Å². The Kier molecular flexibility index (Phi) is 6.15. The van der Waals surface area contributed by atoms with Crippen LogP contribution in [0.25, 0.3) is 17.1 Å². The summed E-state index contributed by atoms with van der Waals surface area (Å²) in [6.07, 6.45) is 2.23. The summed E-state index contributed by atoms with van der Waals surface area (Å²) in [4.78, 5) is 27.9. The van der Waals surface area contributed by atoms with Crippen LogP contribution in [0.15, 0.2) is 57.9 Å². The van der Waals surface area contributed by atoms with Crippen molar-refractivity contribution in [3.05, 3.63) is 57.6 Å². The van der Waals surface area contributed by atoms with Gasteiger partial charge in [-0.3, -0.25) is 9.59 Å². The van der Waals surface area contributed by atoms with E-state index in [2.05, 4.69) is 10.2 Å². The highest BCUT2D eigenvalue weighted by molar-refractivity contribution is 8.04. The Bertz CT molecular complexity index is 1090. The van der Waals surface area contributed by atoms with Crippen LogP contribution < -0.4 is 5.01 Å². The summed E-state index contributed by atoms with van der Waals surface area (Å²) in [7, 11) is 0. The molecule has 1 amide bonds. The monoisotopic (exact) mass is 438 g/mol. The maximum Gasteiger partial charge on any atom is 0.246 e. The lowest BCUT2D eigenvalue weighted by Gasteiger charge is -2.32. The van der Waals surface area contributed by atoms with E-state index in [4.69, 9.17) is 0 Å². The van der Waals surface area contributed by atoms with E-state index in [9.17, 15) is 9.59 Å². The van der Waals surface area contributed by atoms with Gasteiger partial charge in [-0.15, -0.1) is 21.5 Å². The van der Waals surface area contributed by atoms with Gasteiger partial charge in [0.1, 0.15) is 5.70 Å². The van der Waals surface area contributed by atoms with Crippen LogP contribution in [-0.2, 0) is 9.59 Å². The largest absolute Gasteiger partial charge is 0.294 e. The van der Waals surface area contributed by atoms with E-state index in [1.54, 1.807) is 9.69 Å². The third-order valence-corrected chi connectivity index (χ3v) is 6.59. The zero-order chi connectivity index (χ0) is 21.1. The number of hydrogen-bond donors (Lipinski definition) is 0. The second kappa shape index (κ2) is 8.97. The smallest absolute Gasteiger partial charge is 0.246 e. The van der Waals surface area contributed by atoms with E-state index in [1.165, 1.54) is 23.1 Å². The summed E-state index contributed by atoms with van der Waals surface area (Å²) in [5, 5.41) is 12.8. The fourth-order valence-corrected chi connectivity index (χ4v) is 5.18. The summed E-state index contributed by atoms with van der Waals surface area (Å²) in [5.74, 6) is 0.524. The van der Waals surface area contributed by atoms with Crippen molar-refractivity contribution in [1.29, 1.82) is 0 Å². The molecule has 0 N–H and O–H groups in total. The predicted octanol–water partition coefficient (Wildman–Crippen LogP) is 5.12. The minimum atomic E-state index is -0.0822. The fraction of sp³-hybridized carbons (Fsp3) is 0.273. The lowest BCUT2D eigenvalue weighted by molar-refractivity contribution is -0.119. The van der Waals surface area contributed by atoms with Crippen molar-refractivity contribution in [1.82, 2.24) is 14.9 Å². The van der Waals surface area contributed by atoms with Crippen LogP contribution in [-0.4, -0.2) is 26.6 Å². The Morgan fingerprint density at radius 3 is 2.40 bits per heavy atom. The molecule has 0 saturated carbocycles. The summed E-state index contributed by atoms with van der Waals surface area (Å²) in [6.45, 7) is 3.95. The highest BCUT2D eigenvalue weighted by Gasteiger charge is 2.37. The molecule has 30 heavy (non-hydrogen) atoms. The van der Waals surface area contributed by atoms with Gasteiger partial charge in [0, 0.05) is 18.4 Å². The van der Waals surface area contributed by atoms with E-state index in [0.29, 0.717) is 40.8 Å². The van der Waals surface area contributed by atoms with Gasteiger partial charge in [0.2, 0.25) is 11.1 Å². The van der Waals surface area contributed by atoms with Crippen molar-refractivity contribution in [2.75, 3.05) is 5.01 Å². The van der Waals surface area contributed by atoms with Crippen LogP contribution in [0.4, 0.5) is 0 Å². The van der Waals surface area contributed by atoms with Crippen molar-refractivity contribution in [2.45, 2.75) is 44.7 Å². The van der Waals surface area contributed by atoms with E-state index in [0.717, 1.165) is 16.9 Å². The topological polar surface area (TPSA) is 68.1 Å². The van der Waals surface area contributed by atoms with E-state index in [-0.39, 0.29) is 11.7 Å². The number of nitrogens with zero attached hydrogens (tertiary/aromatic N) is 4. The molecule has 0 spiro atoms. The number of hydrogen-bond acceptors (Lipinski definition) is 6. The van der Waals surface area contributed by atoms with Gasteiger partial charge in [0.05, 0.1) is 9.78 Å². The number of thiophene rings is 1. The van der Waals surface area contributed by atoms with E-state index < -0.39 is 0 Å². The van der Waals surface area contributed by atoms with Crippen LogP contribution >= 0.6 is 23.1 Å². The van der Waals surface area contributed by atoms with E-state index in [1.807, 2.05) is 61.7 Å². The van der Waals surface area contributed by atoms with Gasteiger partial charge in [-0.05, 0) is 36.0 Å². The van der Waals surface area contributed by atoms with Crippen LogP contribution in [0.5, 0.6) is 0 Å². The number of rotatable bonds is 7. The van der Waals surface area contributed by atoms with Gasteiger partial charge in [0.15, 0.2) is 11.6 Å². The minimum absolute atomic E-state index is 0.0238. The number of thioether (sulfide) groups is 1. The Labute approximate surface area is 183 Å². The summed E-state index contributed by atoms with van der Waals surface area (Å²) >= 11 is 2.81. The molecule has 1 aliphatic heterocycles. The van der Waals surface area contributed by atoms with Crippen molar-refractivity contribution in [3.8, 4) is 11.4 Å². The zero-order valence-corrected chi connectivity index (χ0v) is 18.5. The van der Waals surface area contributed by atoms with Crippen molar-refractivity contribution >= 4 is 40.5 Å². The van der Waals surface area contributed by atoms with Crippen LogP contribution in [0, 0.1) is 0 Å². The van der Waals surface area contributed by atoms with Crippen molar-refractivity contribution in [2.24, 2.45) is 0 Å². The quantitative estimate of drug-likeness (QED) is 0.512. The summed E-state index contributed by atoms with van der Waals surface area (Å²) in [6, 6.07) is 13.6. The molecule has 0 aliphatic carbocycles. The number of benzene rings is 1. The molecule has 1 aliphatic rings. The average Bonchev–Trinajstić information content (AvgIpc) is 3.43. The average molecular weight is 439 g/mol. The fourth-order valence-electron chi connectivity index (χ4n) is 3.33. The first-order valence-electron chi connectivity index (χ1n) is 9.99. The molecule has 154 valence electrons. The number of aromatic nitrogens is 3. The Hall–Kier alpha value is -2.71. The van der Waals surface area contributed by atoms with E-state index >= 15 is 0 Å². The first-order valence-corrected chi connectivity index (χ1v) is 11.7. The standard InChI is InChI=1S/C22H22N4O2S2/c1-3-9-16(27)20-19(17-13-8-14-29-17)25(18(28)10-4-2)26-21(23-24-22(26)30-20)15-11-6-5-7-12-15/h5-8,11-14H,3-4,9-10H2,1-2H3. The molecule has 1 aromatic carbocycles. The van der Waals surface area contributed by atoms with Gasteiger partial charge in [-0.2, -0.15) is 4.68 Å². The molecule has 0 unspecified atom stereocenters. The second-order valence-corrected chi connectivity index (χ2v) is 8.80. The summed E-state index contributed by atoms with van der Waals surface area (Å²) < 4.78 is 1.76. The third kappa shape index (κ3) is 3.73. The molecule has 0 atom stereocenters. The van der Waals surface area contributed by atoms with Crippen molar-refractivity contribution in [3.63, 3.8) is 0 Å². The van der Waals surface area contributed by atoms with Gasteiger partial charge in [-0.1, -0.05) is 50.2 Å². The number of carbonyl (C=O) groups is 2. The molecule has 4 rings (SSSR count). The van der Waals surface area contributed by atoms with Crippen LogP contribution in [0.2, 0.25) is 0 Å². The molecule has 0 saturated heterocycles. The lowest BCUT2D eigenvalue weighted by atomic mass is 10.1. The SMILES string of the molecule is CCCC(=O)C1=C(c2cccs2)N(C(=O)CCC)n2c(nnc2-c2ccccc2)S1. The number of fused-ring (bicyclic) bond motifs is 1. The Morgan fingerprint density at radius 1 is 0.967 bits per heavy atom. The van der Waals surface area contributed by atoms with Crippen molar-refractivity contribution < 1.29 is 9.59 Å². The first kappa shape index (κ1) is 20.6. The molecule has 3 aromatic rings. The van der Waals surface area contributed by atoms with Crippen LogP contribution in [0.3, 0.4) is 0 Å². The molecule has 0 radical (unpaired) electrons. The van der Waals surface area contributed by atoms with Gasteiger partial charge >= 0.3 is 0 Å². The normalized spacial score (nSPS) is 13.5. The molecular formula is C22H22N4O2S2. The predicted molar refractivity (Wildman–Crippen MR) is 121 cm³/mol. The molecule has 2 aromatic heterocycles. The number of Topliss-reactive ketones (excluding diaryl/α,β-unsaturated/α-hetero) is 1. The first-order chi connectivity index (χ1) is 14.7. The van der Waals surface area contributed by atoms with Gasteiger partial charge < -0.3 is 0 Å². The van der Waals surface area contributed by atoms with Gasteiger partial charge in [-0.25, -0.2) is 5.01 Å². The number of allylic oxidation sites excluding steroid dienone is 1. The maximum atomic E-state index is 13.4. The number of ketones is 1. The van der Waals surface area contributed by atoms with Gasteiger partial charge in [0.25, 0.3) is 0 Å². The molecule has 0 bridgehead atoms. The summed E-state index contributed by atoms with van der Waals surface area (Å²) in [5.41, 5.74) is 1.50. The molecule has 6 nitrogen and oxygen atoms in total. The highest BCUT2D eigenvalue weighted by atomic mass is 32.2. The third-order valence-electron chi connectivity index (χ3n) is 4.65. The molecule has 0 fully saturated rings. The zero-order valence-electron chi connectivity index (χ0n) is 16.9. The Morgan fingerprint density at radius 2 is 1.73 bits per heavy atom. The number of amides is 1. The lowest BCUT2D eigenvalue weighted by Crippen LogP contribution is -2.42. The molecule has 8 heteroatoms. The Balaban J connectivity index is 1.95. The molecular weight excluding hydrogens is 416 g/mol. The highest BCUT2D eigenvalue weighted by Crippen LogP contribution is 2.43. The number of carbonyl (C=O) groups excluding carboxylic acids is 2. The second-order valence-electron chi connectivity index (χ2n) is 6.87. The maximum absolute atomic E-state index is 13.4. The molecule has 3 heterocycles. The minimum Gasteiger partial charge on any atom is -0.294 e.